The third-order valence-corrected chi connectivity index (χ3v) is 8.17. The lowest BCUT2D eigenvalue weighted by molar-refractivity contribution is -0.165. The maximum atomic E-state index is 13.9. The van der Waals surface area contributed by atoms with E-state index in [9.17, 15) is 19.8 Å². The van der Waals surface area contributed by atoms with Crippen molar-refractivity contribution in [3.8, 4) is 17.2 Å². The van der Waals surface area contributed by atoms with Crippen LogP contribution in [-0.4, -0.2) is 53.5 Å². The fraction of sp³-hybridized carbons (Fsp3) is 0.448. The van der Waals surface area contributed by atoms with Crippen LogP contribution in [0.25, 0.3) is 0 Å². The van der Waals surface area contributed by atoms with Gasteiger partial charge in [0.15, 0.2) is 17.8 Å². The van der Waals surface area contributed by atoms with Gasteiger partial charge in [0.2, 0.25) is 17.7 Å². The second-order valence-corrected chi connectivity index (χ2v) is 11.7. The van der Waals surface area contributed by atoms with Gasteiger partial charge in [0.25, 0.3) is 0 Å². The minimum atomic E-state index is -2.03. The van der Waals surface area contributed by atoms with Crippen LogP contribution >= 0.6 is 46.4 Å². The van der Waals surface area contributed by atoms with E-state index in [-0.39, 0.29) is 80.2 Å². The van der Waals surface area contributed by atoms with Crippen molar-refractivity contribution in [2.75, 3.05) is 19.8 Å². The van der Waals surface area contributed by atoms with E-state index in [1.165, 1.54) is 25.1 Å². The summed E-state index contributed by atoms with van der Waals surface area (Å²) in [4.78, 5) is 25.9. The molecule has 2 aliphatic heterocycles. The molecule has 4 rings (SSSR count). The zero-order valence-corrected chi connectivity index (χ0v) is 25.9. The molecule has 228 valence electrons. The fourth-order valence-electron chi connectivity index (χ4n) is 4.99. The third-order valence-electron chi connectivity index (χ3n) is 7.00. The van der Waals surface area contributed by atoms with E-state index in [4.69, 9.17) is 70.1 Å². The van der Waals surface area contributed by atoms with Crippen molar-refractivity contribution in [2.24, 2.45) is 5.92 Å². The number of benzene rings is 2. The molecule has 2 aromatic carbocycles. The Balaban J connectivity index is 1.71. The van der Waals surface area contributed by atoms with Gasteiger partial charge in [-0.25, -0.2) is 0 Å². The minimum absolute atomic E-state index is 0.0114. The highest BCUT2D eigenvalue weighted by Crippen LogP contribution is 2.52. The Hall–Kier alpha value is -2.24. The number of carbonyl (C=O) groups is 2. The number of Topliss-reactive ketones (excluding diaryl/α,β-unsaturated/α-hetero) is 2. The van der Waals surface area contributed by atoms with Crippen molar-refractivity contribution >= 4 is 58.0 Å². The van der Waals surface area contributed by atoms with Gasteiger partial charge in [-0.05, 0) is 44.4 Å². The molecule has 0 saturated carbocycles. The summed E-state index contributed by atoms with van der Waals surface area (Å²) in [7, 11) is 0. The number of rotatable bonds is 12. The Morgan fingerprint density at radius 3 is 2.45 bits per heavy atom. The highest BCUT2D eigenvalue weighted by Gasteiger charge is 2.57. The molecule has 2 aliphatic rings. The summed E-state index contributed by atoms with van der Waals surface area (Å²) in [5.74, 6) is -2.68. The van der Waals surface area contributed by atoms with E-state index in [1.54, 1.807) is 6.92 Å². The van der Waals surface area contributed by atoms with Crippen LogP contribution in [-0.2, 0) is 14.3 Å². The summed E-state index contributed by atoms with van der Waals surface area (Å²) >= 11 is 25.1. The van der Waals surface area contributed by atoms with Crippen LogP contribution in [0.5, 0.6) is 17.2 Å². The van der Waals surface area contributed by atoms with Gasteiger partial charge >= 0.3 is 0 Å². The molecular formula is C29H30Cl4O9. The first-order chi connectivity index (χ1) is 19.9. The van der Waals surface area contributed by atoms with Crippen molar-refractivity contribution in [3.05, 3.63) is 61.8 Å². The van der Waals surface area contributed by atoms with Crippen LogP contribution in [0.4, 0.5) is 0 Å². The van der Waals surface area contributed by atoms with E-state index in [1.807, 2.05) is 0 Å². The predicted octanol–water partition coefficient (Wildman–Crippen LogP) is 7.29. The molecule has 13 heteroatoms. The van der Waals surface area contributed by atoms with Crippen LogP contribution in [0, 0.1) is 5.92 Å². The molecule has 0 amide bonds. The highest BCUT2D eigenvalue weighted by atomic mass is 35.5. The van der Waals surface area contributed by atoms with Gasteiger partial charge in [-0.2, -0.15) is 0 Å². The van der Waals surface area contributed by atoms with Crippen molar-refractivity contribution < 1.29 is 43.5 Å². The molecule has 4 atom stereocenters. The molecule has 0 spiro atoms. The number of carbonyl (C=O) groups excluding carboxylic acids is 2. The molecule has 2 heterocycles. The largest absolute Gasteiger partial charge is 0.508 e. The van der Waals surface area contributed by atoms with E-state index in [0.717, 1.165) is 19.3 Å². The normalized spacial score (nSPS) is 21.3. The van der Waals surface area contributed by atoms with Gasteiger partial charge in [0, 0.05) is 29.5 Å². The quantitative estimate of drug-likeness (QED) is 0.137. The summed E-state index contributed by atoms with van der Waals surface area (Å²) in [6, 6.07) is 4.07. The van der Waals surface area contributed by atoms with Gasteiger partial charge in [0.05, 0.1) is 21.7 Å². The minimum Gasteiger partial charge on any atom is -0.508 e. The first-order valence-electron chi connectivity index (χ1n) is 13.2. The van der Waals surface area contributed by atoms with Gasteiger partial charge in [-0.3, -0.25) is 4.79 Å². The number of fused-ring (bicyclic) bond motifs is 1. The standard InChI is InChI=1S/C29H30Cl4O9/c1-14(10-15(2)34)29(16(3)35)27(36)23-21(38-8-9-40-22-6-4-5-7-39-22)13-18(24(33)26(23)42-29)28(37)41-25-19(31)11-17(30)12-20(25)32/h11-14,22,28,35,37H,3-10H2,1-2H3/t14-,22?,28?,29+/m1/s1. The van der Waals surface area contributed by atoms with Crippen molar-refractivity contribution in [1.29, 1.82) is 0 Å². The number of hydrogen-bond donors (Lipinski definition) is 2. The van der Waals surface area contributed by atoms with Crippen LogP contribution in [0.1, 0.15) is 61.7 Å². The fourth-order valence-corrected chi connectivity index (χ4v) is 6.18. The molecule has 2 aromatic rings. The zero-order valence-electron chi connectivity index (χ0n) is 22.9. The van der Waals surface area contributed by atoms with Crippen molar-refractivity contribution in [3.63, 3.8) is 0 Å². The van der Waals surface area contributed by atoms with E-state index >= 15 is 0 Å². The average molecular weight is 664 g/mol. The second-order valence-electron chi connectivity index (χ2n) is 10.1. The first-order valence-corrected chi connectivity index (χ1v) is 14.7. The lowest BCUT2D eigenvalue weighted by Crippen LogP contribution is -2.48. The average Bonchev–Trinajstić information content (AvgIpc) is 3.25. The van der Waals surface area contributed by atoms with Gasteiger partial charge in [-0.1, -0.05) is 59.9 Å². The van der Waals surface area contributed by atoms with E-state index in [2.05, 4.69) is 6.58 Å². The number of hydrogen-bond acceptors (Lipinski definition) is 9. The monoisotopic (exact) mass is 662 g/mol. The zero-order chi connectivity index (χ0) is 30.8. The van der Waals surface area contributed by atoms with Crippen LogP contribution in [0.15, 0.2) is 30.5 Å². The molecule has 9 nitrogen and oxygen atoms in total. The number of halogens is 4. The van der Waals surface area contributed by atoms with Crippen LogP contribution in [0.2, 0.25) is 20.1 Å². The molecule has 0 aromatic heterocycles. The van der Waals surface area contributed by atoms with Crippen LogP contribution in [0.3, 0.4) is 0 Å². The van der Waals surface area contributed by atoms with Gasteiger partial charge < -0.3 is 38.7 Å². The molecule has 1 fully saturated rings. The molecule has 2 N–H and O–H groups in total. The summed E-state index contributed by atoms with van der Waals surface area (Å²) in [6.07, 6.45) is 0.469. The number of ether oxygens (including phenoxy) is 5. The smallest absolute Gasteiger partial charge is 0.230 e. The SMILES string of the molecule is C=C(O)[C@]1([C@H](C)CC(C)=O)Oc2c(Cl)c(C(O)Oc3c(Cl)cc(Cl)cc3Cl)cc(OCCOC3CCCCO3)c2C1=O. The Morgan fingerprint density at radius 2 is 1.86 bits per heavy atom. The Kier molecular flexibility index (Phi) is 10.6. The summed E-state index contributed by atoms with van der Waals surface area (Å²) < 4.78 is 29.0. The maximum Gasteiger partial charge on any atom is 0.230 e. The van der Waals surface area contributed by atoms with Gasteiger partial charge in [-0.15, -0.1) is 0 Å². The lowest BCUT2D eigenvalue weighted by Gasteiger charge is -2.31. The molecule has 1 saturated heterocycles. The molecule has 42 heavy (non-hydrogen) atoms. The topological polar surface area (TPSA) is 121 Å². The Morgan fingerprint density at radius 1 is 1.17 bits per heavy atom. The lowest BCUT2D eigenvalue weighted by atomic mass is 9.79. The second kappa shape index (κ2) is 13.6. The number of ketones is 2. The summed E-state index contributed by atoms with van der Waals surface area (Å²) in [5.41, 5.74) is -2.19. The van der Waals surface area contributed by atoms with Crippen molar-refractivity contribution in [2.45, 2.75) is 57.7 Å². The maximum absolute atomic E-state index is 13.9. The third kappa shape index (κ3) is 6.63. The van der Waals surface area contributed by atoms with Crippen molar-refractivity contribution in [1.82, 2.24) is 0 Å². The number of aliphatic hydroxyl groups excluding tert-OH is 2. The Bertz CT molecular complexity index is 1350. The summed E-state index contributed by atoms with van der Waals surface area (Å²) in [5, 5.41) is 21.9. The first kappa shape index (κ1) is 32.7. The van der Waals surface area contributed by atoms with E-state index in [0.29, 0.717) is 6.61 Å². The number of aliphatic hydroxyl groups is 2. The van der Waals surface area contributed by atoms with E-state index < -0.39 is 29.4 Å². The Labute approximate surface area is 263 Å². The highest BCUT2D eigenvalue weighted by molar-refractivity contribution is 6.40. The van der Waals surface area contributed by atoms with Gasteiger partial charge in [0.1, 0.15) is 29.5 Å². The molecular weight excluding hydrogens is 634 g/mol. The predicted molar refractivity (Wildman–Crippen MR) is 157 cm³/mol. The molecule has 0 radical (unpaired) electrons. The molecule has 0 bridgehead atoms. The van der Waals surface area contributed by atoms with Crippen LogP contribution < -0.4 is 14.2 Å². The summed E-state index contributed by atoms with van der Waals surface area (Å²) in [6.45, 7) is 7.21. The molecule has 0 aliphatic carbocycles. The molecule has 2 unspecified atom stereocenters.